The third-order valence-corrected chi connectivity index (χ3v) is 3.37. The van der Waals surface area contributed by atoms with Crippen molar-refractivity contribution in [2.24, 2.45) is 0 Å². The van der Waals surface area contributed by atoms with Crippen LogP contribution in [0.2, 0.25) is 0 Å². The van der Waals surface area contributed by atoms with Crippen molar-refractivity contribution in [3.8, 4) is 5.75 Å². The van der Waals surface area contributed by atoms with Crippen molar-refractivity contribution in [2.45, 2.75) is 18.3 Å². The summed E-state index contributed by atoms with van der Waals surface area (Å²) in [4.78, 5) is 0. The molecule has 1 aromatic rings. The molecule has 1 saturated carbocycles. The molecule has 76 valence electrons. The SMILES string of the molecule is OCC1(c2cc(F)c(Br)cc2O)CC1. The molecule has 2 nitrogen and oxygen atoms in total. The summed E-state index contributed by atoms with van der Waals surface area (Å²) in [7, 11) is 0. The Morgan fingerprint density at radius 1 is 1.43 bits per heavy atom. The third-order valence-electron chi connectivity index (χ3n) is 2.77. The van der Waals surface area contributed by atoms with E-state index in [2.05, 4.69) is 15.9 Å². The number of hydrogen-bond acceptors (Lipinski definition) is 2. The van der Waals surface area contributed by atoms with Crippen molar-refractivity contribution in [3.05, 3.63) is 28.0 Å². The zero-order valence-corrected chi connectivity index (χ0v) is 9.01. The van der Waals surface area contributed by atoms with Gasteiger partial charge in [0, 0.05) is 11.0 Å². The Balaban J connectivity index is 2.49. The van der Waals surface area contributed by atoms with Gasteiger partial charge in [0.15, 0.2) is 0 Å². The molecule has 14 heavy (non-hydrogen) atoms. The molecule has 0 saturated heterocycles. The molecule has 0 heterocycles. The molecular weight excluding hydrogens is 251 g/mol. The lowest BCUT2D eigenvalue weighted by Gasteiger charge is -2.14. The number of halogens is 2. The zero-order chi connectivity index (χ0) is 10.3. The van der Waals surface area contributed by atoms with Crippen LogP contribution >= 0.6 is 15.9 Å². The van der Waals surface area contributed by atoms with Crippen LogP contribution in [-0.4, -0.2) is 16.8 Å². The highest BCUT2D eigenvalue weighted by Gasteiger charge is 2.45. The maximum Gasteiger partial charge on any atom is 0.137 e. The second-order valence-corrected chi connectivity index (χ2v) is 4.58. The Bertz CT molecular complexity index is 375. The van der Waals surface area contributed by atoms with Crippen LogP contribution in [0, 0.1) is 5.82 Å². The normalized spacial score (nSPS) is 18.2. The first-order chi connectivity index (χ1) is 6.59. The molecule has 2 rings (SSSR count). The van der Waals surface area contributed by atoms with Gasteiger partial charge in [-0.25, -0.2) is 4.39 Å². The first-order valence-electron chi connectivity index (χ1n) is 4.38. The van der Waals surface area contributed by atoms with E-state index in [1.165, 1.54) is 12.1 Å². The summed E-state index contributed by atoms with van der Waals surface area (Å²) in [6.07, 6.45) is 1.61. The van der Waals surface area contributed by atoms with Gasteiger partial charge in [0.05, 0.1) is 11.1 Å². The van der Waals surface area contributed by atoms with Gasteiger partial charge in [-0.1, -0.05) is 0 Å². The maximum absolute atomic E-state index is 13.2. The molecule has 1 aliphatic carbocycles. The predicted octanol–water partition coefficient (Wildman–Crippen LogP) is 2.32. The molecule has 1 aromatic carbocycles. The van der Waals surface area contributed by atoms with Gasteiger partial charge in [-0.05, 0) is 40.9 Å². The molecule has 0 bridgehead atoms. The highest BCUT2D eigenvalue weighted by atomic mass is 79.9. The maximum atomic E-state index is 13.2. The second-order valence-electron chi connectivity index (χ2n) is 3.72. The summed E-state index contributed by atoms with van der Waals surface area (Å²) in [5.41, 5.74) is 0.117. The lowest BCUT2D eigenvalue weighted by molar-refractivity contribution is 0.251. The first kappa shape index (κ1) is 9.93. The van der Waals surface area contributed by atoms with Gasteiger partial charge in [0.1, 0.15) is 11.6 Å². The number of rotatable bonds is 2. The molecular formula is C10H10BrFO2. The highest BCUT2D eigenvalue weighted by molar-refractivity contribution is 9.10. The van der Waals surface area contributed by atoms with E-state index in [0.717, 1.165) is 12.8 Å². The van der Waals surface area contributed by atoms with Gasteiger partial charge in [-0.3, -0.25) is 0 Å². The molecule has 1 fully saturated rings. The van der Waals surface area contributed by atoms with Gasteiger partial charge in [0.25, 0.3) is 0 Å². The monoisotopic (exact) mass is 260 g/mol. The molecule has 0 amide bonds. The van der Waals surface area contributed by atoms with E-state index in [-0.39, 0.29) is 16.8 Å². The van der Waals surface area contributed by atoms with Crippen molar-refractivity contribution in [2.75, 3.05) is 6.61 Å². The number of phenolic OH excluding ortho intramolecular Hbond substituents is 1. The topological polar surface area (TPSA) is 40.5 Å². The van der Waals surface area contributed by atoms with Crippen LogP contribution in [0.5, 0.6) is 5.75 Å². The lowest BCUT2D eigenvalue weighted by atomic mass is 9.96. The molecule has 0 aliphatic heterocycles. The molecule has 0 radical (unpaired) electrons. The number of aliphatic hydroxyl groups is 1. The van der Waals surface area contributed by atoms with Gasteiger partial charge < -0.3 is 10.2 Å². The van der Waals surface area contributed by atoms with Crippen LogP contribution in [0.1, 0.15) is 18.4 Å². The Kier molecular flexibility index (Phi) is 2.27. The first-order valence-corrected chi connectivity index (χ1v) is 5.18. The fourth-order valence-electron chi connectivity index (χ4n) is 1.62. The number of hydrogen-bond donors (Lipinski definition) is 2. The van der Waals surface area contributed by atoms with Crippen LogP contribution in [0.4, 0.5) is 4.39 Å². The minimum atomic E-state index is -0.405. The minimum absolute atomic E-state index is 0.0400. The predicted molar refractivity (Wildman–Crippen MR) is 53.8 cm³/mol. The smallest absolute Gasteiger partial charge is 0.137 e. The third kappa shape index (κ3) is 1.42. The van der Waals surface area contributed by atoms with Crippen molar-refractivity contribution in [1.82, 2.24) is 0 Å². The van der Waals surface area contributed by atoms with Crippen molar-refractivity contribution in [1.29, 1.82) is 0 Å². The molecule has 0 atom stereocenters. The summed E-state index contributed by atoms with van der Waals surface area (Å²) < 4.78 is 13.5. The molecule has 1 aliphatic rings. The average Bonchev–Trinajstić information content (AvgIpc) is 2.92. The van der Waals surface area contributed by atoms with Gasteiger partial charge in [0.2, 0.25) is 0 Å². The number of benzene rings is 1. The second kappa shape index (κ2) is 3.21. The van der Waals surface area contributed by atoms with E-state index in [1.807, 2.05) is 0 Å². The van der Waals surface area contributed by atoms with Gasteiger partial charge in [-0.15, -0.1) is 0 Å². The summed E-state index contributed by atoms with van der Waals surface area (Å²) in [5.74, 6) is -0.359. The lowest BCUT2D eigenvalue weighted by Crippen LogP contribution is -2.12. The summed E-state index contributed by atoms with van der Waals surface area (Å²) in [6, 6.07) is 2.63. The van der Waals surface area contributed by atoms with E-state index in [4.69, 9.17) is 5.11 Å². The average molecular weight is 261 g/mol. The quantitative estimate of drug-likeness (QED) is 0.857. The summed E-state index contributed by atoms with van der Waals surface area (Å²) in [6.45, 7) is -0.0400. The van der Waals surface area contributed by atoms with E-state index in [0.29, 0.717) is 5.56 Å². The fraction of sp³-hybridized carbons (Fsp3) is 0.400. The Morgan fingerprint density at radius 2 is 2.07 bits per heavy atom. The summed E-state index contributed by atoms with van der Waals surface area (Å²) in [5, 5.41) is 18.8. The number of aliphatic hydroxyl groups excluding tert-OH is 1. The van der Waals surface area contributed by atoms with Crippen molar-refractivity contribution < 1.29 is 14.6 Å². The highest BCUT2D eigenvalue weighted by Crippen LogP contribution is 2.51. The van der Waals surface area contributed by atoms with Crippen molar-refractivity contribution in [3.63, 3.8) is 0 Å². The van der Waals surface area contributed by atoms with Crippen LogP contribution in [0.3, 0.4) is 0 Å². The van der Waals surface area contributed by atoms with Crippen LogP contribution in [0.25, 0.3) is 0 Å². The fourth-order valence-corrected chi connectivity index (χ4v) is 1.96. The van der Waals surface area contributed by atoms with Gasteiger partial charge >= 0.3 is 0 Å². The molecule has 2 N–H and O–H groups in total. The van der Waals surface area contributed by atoms with Crippen LogP contribution in [0.15, 0.2) is 16.6 Å². The van der Waals surface area contributed by atoms with Crippen LogP contribution < -0.4 is 0 Å². The molecule has 0 aromatic heterocycles. The Morgan fingerprint density at radius 3 is 2.57 bits per heavy atom. The Hall–Kier alpha value is -0.610. The molecule has 0 unspecified atom stereocenters. The van der Waals surface area contributed by atoms with E-state index in [9.17, 15) is 9.50 Å². The standard InChI is InChI=1S/C10H10BrFO2/c11-7-4-9(14)6(3-8(7)12)10(5-13)1-2-10/h3-4,13-14H,1-2,5H2. The Labute approximate surface area is 89.5 Å². The van der Waals surface area contributed by atoms with E-state index < -0.39 is 11.2 Å². The van der Waals surface area contributed by atoms with Crippen molar-refractivity contribution >= 4 is 15.9 Å². The van der Waals surface area contributed by atoms with Crippen LogP contribution in [-0.2, 0) is 5.41 Å². The molecule has 4 heteroatoms. The number of phenols is 1. The minimum Gasteiger partial charge on any atom is -0.508 e. The van der Waals surface area contributed by atoms with E-state index >= 15 is 0 Å². The zero-order valence-electron chi connectivity index (χ0n) is 7.43. The summed E-state index contributed by atoms with van der Waals surface area (Å²) >= 11 is 2.99. The molecule has 0 spiro atoms. The van der Waals surface area contributed by atoms with E-state index in [1.54, 1.807) is 0 Å². The largest absolute Gasteiger partial charge is 0.508 e. The van der Waals surface area contributed by atoms with Gasteiger partial charge in [-0.2, -0.15) is 0 Å². The number of aromatic hydroxyl groups is 1.